The minimum absolute atomic E-state index is 0. The fourth-order valence-corrected chi connectivity index (χ4v) is 2.51. The number of benzene rings is 2. The van der Waals surface area contributed by atoms with Gasteiger partial charge in [0.2, 0.25) is 0 Å². The highest BCUT2D eigenvalue weighted by atomic mass is 127. The van der Waals surface area contributed by atoms with Gasteiger partial charge < -0.3 is 20.7 Å². The Labute approximate surface area is 184 Å². The number of halogens is 1. The Morgan fingerprint density at radius 1 is 1.11 bits per heavy atom. The second-order valence-corrected chi connectivity index (χ2v) is 6.28. The molecule has 0 bridgehead atoms. The number of carbonyl (C=O) groups is 1. The van der Waals surface area contributed by atoms with E-state index in [0.717, 1.165) is 16.9 Å². The van der Waals surface area contributed by atoms with Gasteiger partial charge in [-0.3, -0.25) is 9.79 Å². The van der Waals surface area contributed by atoms with Gasteiger partial charge in [-0.25, -0.2) is 0 Å². The molecule has 2 rings (SSSR count). The summed E-state index contributed by atoms with van der Waals surface area (Å²) in [6.07, 6.45) is -0.00325. The molecule has 28 heavy (non-hydrogen) atoms. The summed E-state index contributed by atoms with van der Waals surface area (Å²) in [6, 6.07) is 15.4. The van der Waals surface area contributed by atoms with E-state index in [1.54, 1.807) is 14.1 Å². The molecule has 0 spiro atoms. The van der Waals surface area contributed by atoms with Crippen LogP contribution in [0, 0.1) is 6.92 Å². The number of aliphatic imine (C=N–C) groups is 1. The molecule has 0 heterocycles. The van der Waals surface area contributed by atoms with E-state index in [1.807, 2.05) is 62.4 Å². The van der Waals surface area contributed by atoms with Crippen molar-refractivity contribution >= 4 is 35.8 Å². The van der Waals surface area contributed by atoms with Gasteiger partial charge in [0.15, 0.2) is 5.96 Å². The quantitative estimate of drug-likeness (QED) is 0.313. The average molecular weight is 496 g/mol. The maximum atomic E-state index is 11.6. The van der Waals surface area contributed by atoms with Crippen molar-refractivity contribution in [3.05, 3.63) is 65.2 Å². The summed E-state index contributed by atoms with van der Waals surface area (Å²) in [5, 5.41) is 9.14. The summed E-state index contributed by atoms with van der Waals surface area (Å²) in [6.45, 7) is 5.29. The third-order valence-electron chi connectivity index (χ3n) is 4.11. The first-order valence-corrected chi connectivity index (χ1v) is 9.01. The number of nitrogens with one attached hydrogen (secondary N) is 3. The number of para-hydroxylation sites is 1. The van der Waals surface area contributed by atoms with Gasteiger partial charge in [-0.1, -0.05) is 30.3 Å². The Balaban J connectivity index is 0.00000392. The zero-order chi connectivity index (χ0) is 19.6. The van der Waals surface area contributed by atoms with Gasteiger partial charge in [0.05, 0.1) is 6.54 Å². The largest absolute Gasteiger partial charge is 0.489 e. The van der Waals surface area contributed by atoms with Crippen LogP contribution in [0.2, 0.25) is 0 Å². The summed E-state index contributed by atoms with van der Waals surface area (Å²) < 4.78 is 5.97. The van der Waals surface area contributed by atoms with E-state index in [-0.39, 0.29) is 36.0 Å². The van der Waals surface area contributed by atoms with Crippen molar-refractivity contribution in [1.82, 2.24) is 16.0 Å². The Bertz CT molecular complexity index is 778. The normalized spacial score (nSPS) is 11.8. The minimum atomic E-state index is -0.0883. The highest BCUT2D eigenvalue weighted by Gasteiger charge is 2.08. The number of aryl methyl sites for hydroxylation is 1. The molecule has 0 saturated heterocycles. The fourth-order valence-electron chi connectivity index (χ4n) is 2.51. The van der Waals surface area contributed by atoms with E-state index in [9.17, 15) is 4.79 Å². The van der Waals surface area contributed by atoms with Crippen LogP contribution in [-0.4, -0.2) is 38.6 Å². The maximum Gasteiger partial charge on any atom is 0.251 e. The molecular formula is C21H29IN4O2. The molecule has 0 aliphatic heterocycles. The second kappa shape index (κ2) is 12.2. The second-order valence-electron chi connectivity index (χ2n) is 6.28. The van der Waals surface area contributed by atoms with Gasteiger partial charge in [-0.15, -0.1) is 24.0 Å². The van der Waals surface area contributed by atoms with Crippen molar-refractivity contribution in [3.63, 3.8) is 0 Å². The Kier molecular flexibility index (Phi) is 10.4. The Morgan fingerprint density at radius 3 is 2.39 bits per heavy atom. The number of hydrogen-bond acceptors (Lipinski definition) is 3. The van der Waals surface area contributed by atoms with Crippen LogP contribution in [0.5, 0.6) is 5.75 Å². The molecule has 7 heteroatoms. The van der Waals surface area contributed by atoms with E-state index in [1.165, 1.54) is 0 Å². The van der Waals surface area contributed by atoms with Crippen LogP contribution in [0.4, 0.5) is 0 Å². The van der Waals surface area contributed by atoms with Crippen LogP contribution in [0.25, 0.3) is 0 Å². The standard InChI is InChI=1S/C21H28N4O2.HI/c1-15-7-5-6-8-19(15)27-16(2)13-24-21(23-4)25-14-17-9-11-18(12-10-17)20(26)22-3;/h5-12,16H,13-14H2,1-4H3,(H,22,26)(H2,23,24,25);1H. The van der Waals surface area contributed by atoms with Crippen molar-refractivity contribution in [3.8, 4) is 5.75 Å². The van der Waals surface area contributed by atoms with Crippen LogP contribution < -0.4 is 20.7 Å². The highest BCUT2D eigenvalue weighted by Crippen LogP contribution is 2.17. The van der Waals surface area contributed by atoms with E-state index in [0.29, 0.717) is 24.6 Å². The first kappa shape index (κ1) is 23.7. The van der Waals surface area contributed by atoms with Crippen molar-refractivity contribution < 1.29 is 9.53 Å². The van der Waals surface area contributed by atoms with Crippen molar-refractivity contribution in [2.45, 2.75) is 26.5 Å². The van der Waals surface area contributed by atoms with Gasteiger partial charge in [-0.2, -0.15) is 0 Å². The molecule has 0 aromatic heterocycles. The lowest BCUT2D eigenvalue weighted by Crippen LogP contribution is -2.41. The van der Waals surface area contributed by atoms with Crippen LogP contribution in [-0.2, 0) is 6.54 Å². The summed E-state index contributed by atoms with van der Waals surface area (Å²) >= 11 is 0. The predicted octanol–water partition coefficient (Wildman–Crippen LogP) is 3.11. The molecule has 0 aliphatic carbocycles. The van der Waals surface area contributed by atoms with Gasteiger partial charge >= 0.3 is 0 Å². The molecule has 0 saturated carbocycles. The monoisotopic (exact) mass is 496 g/mol. The molecule has 2 aromatic carbocycles. The highest BCUT2D eigenvalue weighted by molar-refractivity contribution is 14.0. The molecule has 1 atom stereocenters. The lowest BCUT2D eigenvalue weighted by Gasteiger charge is -2.19. The molecular weight excluding hydrogens is 467 g/mol. The number of nitrogens with zero attached hydrogens (tertiary/aromatic N) is 1. The molecule has 1 amide bonds. The van der Waals surface area contributed by atoms with Crippen LogP contribution in [0.1, 0.15) is 28.4 Å². The number of rotatable bonds is 7. The smallest absolute Gasteiger partial charge is 0.251 e. The summed E-state index contributed by atoms with van der Waals surface area (Å²) in [7, 11) is 3.36. The van der Waals surface area contributed by atoms with Crippen LogP contribution >= 0.6 is 24.0 Å². The number of amides is 1. The molecule has 3 N–H and O–H groups in total. The minimum Gasteiger partial charge on any atom is -0.489 e. The maximum absolute atomic E-state index is 11.6. The lowest BCUT2D eigenvalue weighted by molar-refractivity contribution is 0.0963. The van der Waals surface area contributed by atoms with E-state index in [4.69, 9.17) is 4.74 Å². The van der Waals surface area contributed by atoms with E-state index < -0.39 is 0 Å². The topological polar surface area (TPSA) is 74.8 Å². The van der Waals surface area contributed by atoms with Crippen molar-refractivity contribution in [2.75, 3.05) is 20.6 Å². The number of ether oxygens (including phenoxy) is 1. The number of carbonyl (C=O) groups excluding carboxylic acids is 1. The van der Waals surface area contributed by atoms with Crippen LogP contribution in [0.3, 0.4) is 0 Å². The third-order valence-corrected chi connectivity index (χ3v) is 4.11. The Morgan fingerprint density at radius 2 is 1.79 bits per heavy atom. The Hall–Kier alpha value is -2.29. The van der Waals surface area contributed by atoms with Crippen molar-refractivity contribution in [1.29, 1.82) is 0 Å². The third kappa shape index (κ3) is 7.38. The van der Waals surface area contributed by atoms with Gasteiger partial charge in [0.1, 0.15) is 11.9 Å². The van der Waals surface area contributed by atoms with Gasteiger partial charge in [0, 0.05) is 26.2 Å². The van der Waals surface area contributed by atoms with E-state index >= 15 is 0 Å². The molecule has 2 aromatic rings. The number of hydrogen-bond donors (Lipinski definition) is 3. The average Bonchev–Trinajstić information content (AvgIpc) is 2.69. The summed E-state index contributed by atoms with van der Waals surface area (Å²) in [5.74, 6) is 1.51. The predicted molar refractivity (Wildman–Crippen MR) is 125 cm³/mol. The van der Waals surface area contributed by atoms with Gasteiger partial charge in [0.25, 0.3) is 5.91 Å². The van der Waals surface area contributed by atoms with Crippen LogP contribution in [0.15, 0.2) is 53.5 Å². The fraction of sp³-hybridized carbons (Fsp3) is 0.333. The molecule has 0 fully saturated rings. The zero-order valence-corrected chi connectivity index (χ0v) is 19.1. The molecule has 1 unspecified atom stereocenters. The SMILES string of the molecule is CN=C(NCc1ccc(C(=O)NC)cc1)NCC(C)Oc1ccccc1C.I. The molecule has 152 valence electrons. The zero-order valence-electron chi connectivity index (χ0n) is 16.8. The first-order valence-electron chi connectivity index (χ1n) is 9.01. The number of guanidine groups is 1. The van der Waals surface area contributed by atoms with Gasteiger partial charge in [-0.05, 0) is 43.2 Å². The van der Waals surface area contributed by atoms with Crippen molar-refractivity contribution in [2.24, 2.45) is 4.99 Å². The molecule has 6 nitrogen and oxygen atoms in total. The lowest BCUT2D eigenvalue weighted by atomic mass is 10.1. The molecule has 0 radical (unpaired) electrons. The molecule has 0 aliphatic rings. The van der Waals surface area contributed by atoms with E-state index in [2.05, 4.69) is 20.9 Å². The first-order chi connectivity index (χ1) is 13.0. The summed E-state index contributed by atoms with van der Waals surface area (Å²) in [5.41, 5.74) is 2.83. The summed E-state index contributed by atoms with van der Waals surface area (Å²) in [4.78, 5) is 15.8.